The number of hydrogen-bond donors (Lipinski definition) is 3. The zero-order valence-corrected chi connectivity index (χ0v) is 19.2. The second kappa shape index (κ2) is 14.5. The molecule has 0 saturated heterocycles. The topological polar surface area (TPSA) is 156 Å². The lowest BCUT2D eigenvalue weighted by atomic mass is 9.98. The average Bonchev–Trinajstić information content (AvgIpc) is 2.69. The minimum absolute atomic E-state index is 0.0154. The third kappa shape index (κ3) is 12.1. The van der Waals surface area contributed by atoms with Gasteiger partial charge in [-0.2, -0.15) is 0 Å². The summed E-state index contributed by atoms with van der Waals surface area (Å²) in [5.41, 5.74) is 5.65. The lowest BCUT2D eigenvalue weighted by Gasteiger charge is -2.25. The van der Waals surface area contributed by atoms with E-state index < -0.39 is 29.8 Å². The van der Waals surface area contributed by atoms with Crippen molar-refractivity contribution in [1.29, 1.82) is 0 Å². The van der Waals surface area contributed by atoms with Gasteiger partial charge in [0.05, 0.1) is 18.5 Å². The van der Waals surface area contributed by atoms with E-state index in [1.807, 2.05) is 0 Å². The maximum Gasteiger partial charge on any atom is 0.309 e. The molecule has 0 aliphatic carbocycles. The second-order valence-electron chi connectivity index (χ2n) is 8.20. The number of amides is 2. The van der Waals surface area contributed by atoms with E-state index in [0.29, 0.717) is 0 Å². The highest BCUT2D eigenvalue weighted by Gasteiger charge is 2.22. The number of carboxylic acids is 1. The van der Waals surface area contributed by atoms with Crippen molar-refractivity contribution in [2.75, 3.05) is 26.2 Å². The van der Waals surface area contributed by atoms with Crippen LogP contribution < -0.4 is 11.1 Å². The quantitative estimate of drug-likeness (QED) is 0.310. The Hall–Kier alpha value is -2.49. The van der Waals surface area contributed by atoms with E-state index in [9.17, 15) is 24.0 Å². The highest BCUT2D eigenvalue weighted by molar-refractivity contribution is 5.85. The number of hydrogen-bond acceptors (Lipinski definition) is 7. The molecule has 0 aliphatic rings. The molecule has 1 unspecified atom stereocenters. The smallest absolute Gasteiger partial charge is 0.309 e. The Morgan fingerprint density at radius 2 is 1.61 bits per heavy atom. The van der Waals surface area contributed by atoms with Crippen molar-refractivity contribution in [2.24, 2.45) is 23.5 Å². The largest absolute Gasteiger partial charge is 0.481 e. The number of aliphatic carboxylic acids is 1. The Labute approximate surface area is 183 Å². The number of rotatable bonds is 15. The molecule has 2 atom stereocenters. The number of ether oxygens (including phenoxy) is 1. The van der Waals surface area contributed by atoms with Crippen molar-refractivity contribution in [3.8, 4) is 0 Å². The number of nitrogens with zero attached hydrogens (tertiary/aromatic N) is 1. The molecular weight excluding hydrogens is 406 g/mol. The van der Waals surface area contributed by atoms with Gasteiger partial charge in [-0.05, 0) is 6.42 Å². The van der Waals surface area contributed by atoms with Crippen molar-refractivity contribution in [2.45, 2.75) is 59.9 Å². The first kappa shape index (κ1) is 28.5. The van der Waals surface area contributed by atoms with Crippen LogP contribution in [0.4, 0.5) is 0 Å². The number of carbonyl (C=O) groups excluding carboxylic acids is 4. The van der Waals surface area contributed by atoms with Gasteiger partial charge in [-0.15, -0.1) is 0 Å². The second-order valence-corrected chi connectivity index (χ2v) is 8.20. The number of carbonyl (C=O) groups is 5. The lowest BCUT2D eigenvalue weighted by Crippen LogP contribution is -2.46. The van der Waals surface area contributed by atoms with E-state index in [4.69, 9.17) is 15.6 Å². The summed E-state index contributed by atoms with van der Waals surface area (Å²) in [6, 6.07) is -0.943. The van der Waals surface area contributed by atoms with Crippen molar-refractivity contribution in [1.82, 2.24) is 10.2 Å². The Balaban J connectivity index is 4.57. The van der Waals surface area contributed by atoms with Gasteiger partial charge in [0.25, 0.3) is 0 Å². The van der Waals surface area contributed by atoms with Crippen molar-refractivity contribution >= 4 is 29.5 Å². The van der Waals surface area contributed by atoms with Crippen molar-refractivity contribution < 1.29 is 33.8 Å². The molecule has 178 valence electrons. The molecule has 0 aromatic rings. The van der Waals surface area contributed by atoms with Gasteiger partial charge in [-0.1, -0.05) is 34.6 Å². The molecule has 0 radical (unpaired) electrons. The van der Waals surface area contributed by atoms with Crippen LogP contribution >= 0.6 is 0 Å². The third-order valence-electron chi connectivity index (χ3n) is 4.65. The maximum atomic E-state index is 12.4. The minimum Gasteiger partial charge on any atom is -0.481 e. The standard InChI is InChI=1S/C21H37N3O7/c1-13(2)17(25)12-15(5)21(30)31-11-10-24(20(29)14(3)4)9-8-23-19(28)16(22)6-7-18(26)27/h13-16H,6-12,22H2,1-5H3,(H,23,28)(H,26,27)/t15?,16-/m0/s1. The van der Waals surface area contributed by atoms with Gasteiger partial charge >= 0.3 is 11.9 Å². The van der Waals surface area contributed by atoms with Crippen molar-refractivity contribution in [3.63, 3.8) is 0 Å². The SMILES string of the molecule is CC(C)C(=O)CC(C)C(=O)OCCN(CCNC(=O)[C@@H](N)CCC(=O)O)C(=O)C(C)C. The van der Waals surface area contributed by atoms with Crippen LogP contribution in [0.5, 0.6) is 0 Å². The van der Waals surface area contributed by atoms with Gasteiger partial charge in [-0.3, -0.25) is 24.0 Å². The van der Waals surface area contributed by atoms with Gasteiger partial charge in [0.1, 0.15) is 12.4 Å². The van der Waals surface area contributed by atoms with Crippen LogP contribution in [0.25, 0.3) is 0 Å². The molecule has 0 saturated carbocycles. The number of ketones is 1. The molecule has 0 spiro atoms. The fourth-order valence-electron chi connectivity index (χ4n) is 2.57. The first-order valence-electron chi connectivity index (χ1n) is 10.6. The Kier molecular flexibility index (Phi) is 13.3. The summed E-state index contributed by atoms with van der Waals surface area (Å²) in [6.45, 7) is 9.09. The molecule has 0 aliphatic heterocycles. The third-order valence-corrected chi connectivity index (χ3v) is 4.65. The normalized spacial score (nSPS) is 12.9. The van der Waals surface area contributed by atoms with E-state index in [1.165, 1.54) is 4.90 Å². The van der Waals surface area contributed by atoms with Gasteiger partial charge in [0.15, 0.2) is 0 Å². The summed E-state index contributed by atoms with van der Waals surface area (Å²) in [4.78, 5) is 60.2. The fraction of sp³-hybridized carbons (Fsp3) is 0.762. The van der Waals surface area contributed by atoms with Crippen LogP contribution in [0.3, 0.4) is 0 Å². The molecule has 31 heavy (non-hydrogen) atoms. The number of Topliss-reactive ketones (excluding diaryl/α,β-unsaturated/α-hetero) is 1. The van der Waals surface area contributed by atoms with Crippen LogP contribution in [-0.2, 0) is 28.7 Å². The van der Waals surface area contributed by atoms with Crippen LogP contribution in [0.1, 0.15) is 53.9 Å². The van der Waals surface area contributed by atoms with Gasteiger partial charge in [0.2, 0.25) is 11.8 Å². The molecule has 10 nitrogen and oxygen atoms in total. The average molecular weight is 444 g/mol. The molecular formula is C21H37N3O7. The summed E-state index contributed by atoms with van der Waals surface area (Å²) >= 11 is 0. The highest BCUT2D eigenvalue weighted by atomic mass is 16.5. The predicted molar refractivity (Wildman–Crippen MR) is 114 cm³/mol. The number of nitrogens with one attached hydrogen (secondary N) is 1. The molecule has 2 amide bonds. The molecule has 0 bridgehead atoms. The first-order valence-corrected chi connectivity index (χ1v) is 10.6. The van der Waals surface area contributed by atoms with Crippen molar-refractivity contribution in [3.05, 3.63) is 0 Å². The van der Waals surface area contributed by atoms with E-state index >= 15 is 0 Å². The molecule has 0 aromatic heterocycles. The van der Waals surface area contributed by atoms with Crippen LogP contribution in [0, 0.1) is 17.8 Å². The molecule has 4 N–H and O–H groups in total. The summed E-state index contributed by atoms with van der Waals surface area (Å²) in [6.07, 6.45) is -0.0817. The summed E-state index contributed by atoms with van der Waals surface area (Å²) < 4.78 is 5.22. The Morgan fingerprint density at radius 1 is 1.00 bits per heavy atom. The van der Waals surface area contributed by atoms with Gasteiger partial charge < -0.3 is 25.8 Å². The monoisotopic (exact) mass is 443 g/mol. The van der Waals surface area contributed by atoms with E-state index in [-0.39, 0.29) is 69.0 Å². The Bertz CT molecular complexity index is 634. The number of esters is 1. The molecule has 10 heteroatoms. The van der Waals surface area contributed by atoms with Crippen LogP contribution in [-0.4, -0.2) is 71.8 Å². The maximum absolute atomic E-state index is 12.4. The predicted octanol–water partition coefficient (Wildman–Crippen LogP) is 0.574. The molecule has 0 fully saturated rings. The first-order chi connectivity index (χ1) is 14.4. The minimum atomic E-state index is -1.03. The molecule has 0 rings (SSSR count). The zero-order valence-electron chi connectivity index (χ0n) is 19.2. The van der Waals surface area contributed by atoms with Gasteiger partial charge in [0, 0.05) is 37.8 Å². The molecule has 0 heterocycles. The number of carboxylic acid groups (broad SMARTS) is 1. The fourth-order valence-corrected chi connectivity index (χ4v) is 2.57. The van der Waals surface area contributed by atoms with Crippen LogP contribution in [0.2, 0.25) is 0 Å². The lowest BCUT2D eigenvalue weighted by molar-refractivity contribution is -0.151. The van der Waals surface area contributed by atoms with E-state index in [2.05, 4.69) is 5.32 Å². The van der Waals surface area contributed by atoms with E-state index in [0.717, 1.165) is 0 Å². The molecule has 0 aromatic carbocycles. The number of nitrogens with two attached hydrogens (primary N) is 1. The zero-order chi connectivity index (χ0) is 24.1. The van der Waals surface area contributed by atoms with Gasteiger partial charge in [-0.25, -0.2) is 0 Å². The Morgan fingerprint density at radius 3 is 2.13 bits per heavy atom. The summed E-state index contributed by atoms with van der Waals surface area (Å²) in [5, 5.41) is 11.2. The van der Waals surface area contributed by atoms with E-state index in [1.54, 1.807) is 34.6 Å². The highest BCUT2D eigenvalue weighted by Crippen LogP contribution is 2.10. The summed E-state index contributed by atoms with van der Waals surface area (Å²) in [7, 11) is 0. The van der Waals surface area contributed by atoms with Crippen LogP contribution in [0.15, 0.2) is 0 Å². The summed E-state index contributed by atoms with van der Waals surface area (Å²) in [5.74, 6) is -3.20.